The first kappa shape index (κ1) is 15.8. The number of allylic oxidation sites excluding steroid dienone is 1. The summed E-state index contributed by atoms with van der Waals surface area (Å²) in [6.45, 7) is 2.80. The number of hydrogen-bond acceptors (Lipinski definition) is 2. The summed E-state index contributed by atoms with van der Waals surface area (Å²) < 4.78 is 14.6. The minimum atomic E-state index is -0.208. The summed E-state index contributed by atoms with van der Waals surface area (Å²) in [6, 6.07) is 0. The van der Waals surface area contributed by atoms with Gasteiger partial charge in [-0.3, -0.25) is 4.52 Å². The molecule has 0 rings (SSSR count). The fourth-order valence-electron chi connectivity index (χ4n) is 1.61. The van der Waals surface area contributed by atoms with Crippen molar-refractivity contribution in [2.75, 3.05) is 6.61 Å². The highest BCUT2D eigenvalue weighted by atomic mass is 31.1. The summed E-state index contributed by atoms with van der Waals surface area (Å²) in [4.78, 5) is 0. The molecule has 0 saturated carbocycles. The zero-order valence-electron chi connectivity index (χ0n) is 10.5. The van der Waals surface area contributed by atoms with Crippen molar-refractivity contribution in [2.45, 2.75) is 64.7 Å². The van der Waals surface area contributed by atoms with Gasteiger partial charge in [0.15, 0.2) is 0 Å². The average molecular weight is 244 g/mol. The molecule has 0 saturated heterocycles. The van der Waals surface area contributed by atoms with Crippen LogP contribution in [0, 0.1) is 0 Å². The SMILES string of the molecule is CCCCCCCCCC=CCCOP=O. The molecule has 0 aliphatic carbocycles. The van der Waals surface area contributed by atoms with Crippen LogP contribution in [0.4, 0.5) is 0 Å². The monoisotopic (exact) mass is 244 g/mol. The molecule has 0 spiro atoms. The molecule has 16 heavy (non-hydrogen) atoms. The Morgan fingerprint density at radius 1 is 0.938 bits per heavy atom. The lowest BCUT2D eigenvalue weighted by atomic mass is 10.1. The van der Waals surface area contributed by atoms with Crippen LogP contribution < -0.4 is 0 Å². The van der Waals surface area contributed by atoms with Crippen molar-refractivity contribution in [2.24, 2.45) is 0 Å². The Hall–Kier alpha value is -0.200. The van der Waals surface area contributed by atoms with Crippen LogP contribution in [0.25, 0.3) is 0 Å². The lowest BCUT2D eigenvalue weighted by Crippen LogP contribution is -1.80. The van der Waals surface area contributed by atoms with Gasteiger partial charge < -0.3 is 0 Å². The van der Waals surface area contributed by atoms with E-state index in [0.717, 1.165) is 6.42 Å². The van der Waals surface area contributed by atoms with E-state index in [1.54, 1.807) is 0 Å². The predicted molar refractivity (Wildman–Crippen MR) is 69.9 cm³/mol. The minimum absolute atomic E-state index is 0.208. The van der Waals surface area contributed by atoms with Crippen molar-refractivity contribution >= 4 is 8.69 Å². The maximum atomic E-state index is 9.94. The van der Waals surface area contributed by atoms with Crippen LogP contribution in [0.5, 0.6) is 0 Å². The second-order valence-electron chi connectivity index (χ2n) is 4.08. The van der Waals surface area contributed by atoms with Crippen LogP contribution in [0.15, 0.2) is 12.2 Å². The van der Waals surface area contributed by atoms with E-state index in [4.69, 9.17) is 0 Å². The molecule has 0 unspecified atom stereocenters. The van der Waals surface area contributed by atoms with Crippen LogP contribution in [-0.2, 0) is 9.09 Å². The lowest BCUT2D eigenvalue weighted by Gasteiger charge is -1.98. The maximum absolute atomic E-state index is 9.94. The standard InChI is InChI=1S/C13H25O2P/c1-2-3-4-5-6-7-8-9-10-11-12-13-15-16-14/h10-11H,2-9,12-13H2,1H3. The van der Waals surface area contributed by atoms with E-state index in [-0.39, 0.29) is 8.69 Å². The zero-order chi connectivity index (χ0) is 11.9. The second-order valence-corrected chi connectivity index (χ2v) is 4.49. The fraction of sp³-hybridized carbons (Fsp3) is 0.846. The van der Waals surface area contributed by atoms with Gasteiger partial charge in [0.2, 0.25) is 0 Å². The topological polar surface area (TPSA) is 26.3 Å². The highest BCUT2D eigenvalue weighted by Gasteiger charge is 1.89. The summed E-state index contributed by atoms with van der Waals surface area (Å²) in [5.41, 5.74) is 0. The first-order valence-corrected chi connectivity index (χ1v) is 7.24. The summed E-state index contributed by atoms with van der Waals surface area (Å²) in [6.07, 6.45) is 15.9. The predicted octanol–water partition coefficient (Wildman–Crippen LogP) is 5.30. The van der Waals surface area contributed by atoms with Crippen molar-refractivity contribution in [1.82, 2.24) is 0 Å². The summed E-state index contributed by atoms with van der Waals surface area (Å²) >= 11 is 0. The molecule has 0 fully saturated rings. The van der Waals surface area contributed by atoms with Gasteiger partial charge in [-0.2, -0.15) is 0 Å². The third-order valence-corrected chi connectivity index (χ3v) is 2.86. The quantitative estimate of drug-likeness (QED) is 0.264. The van der Waals surface area contributed by atoms with Gasteiger partial charge in [-0.15, -0.1) is 0 Å². The molecule has 0 aliphatic rings. The van der Waals surface area contributed by atoms with Gasteiger partial charge >= 0.3 is 8.69 Å². The molecule has 0 heterocycles. The Kier molecular flexibility index (Phi) is 14.6. The van der Waals surface area contributed by atoms with E-state index in [1.807, 2.05) is 0 Å². The third kappa shape index (κ3) is 13.8. The van der Waals surface area contributed by atoms with Crippen molar-refractivity contribution < 1.29 is 9.09 Å². The molecule has 94 valence electrons. The number of rotatable bonds is 12. The molecule has 0 aromatic heterocycles. The summed E-state index contributed by atoms with van der Waals surface area (Å²) in [5.74, 6) is 0. The van der Waals surface area contributed by atoms with E-state index in [2.05, 4.69) is 23.6 Å². The van der Waals surface area contributed by atoms with Crippen molar-refractivity contribution in [3.63, 3.8) is 0 Å². The summed E-state index contributed by atoms with van der Waals surface area (Å²) in [7, 11) is -0.208. The Balaban J connectivity index is 2.99. The largest absolute Gasteiger partial charge is 0.327 e. The fourth-order valence-corrected chi connectivity index (χ4v) is 1.79. The first-order valence-electron chi connectivity index (χ1n) is 6.51. The Morgan fingerprint density at radius 2 is 1.56 bits per heavy atom. The van der Waals surface area contributed by atoms with Gasteiger partial charge in [0.05, 0.1) is 6.61 Å². The number of unbranched alkanes of at least 4 members (excludes halogenated alkanes) is 7. The van der Waals surface area contributed by atoms with E-state index in [1.165, 1.54) is 51.4 Å². The molecule has 0 bridgehead atoms. The molecule has 0 aliphatic heterocycles. The molecule has 0 radical (unpaired) electrons. The third-order valence-electron chi connectivity index (χ3n) is 2.57. The molecular weight excluding hydrogens is 219 g/mol. The molecule has 0 atom stereocenters. The number of hydrogen-bond donors (Lipinski definition) is 0. The van der Waals surface area contributed by atoms with Gasteiger partial charge in [0, 0.05) is 0 Å². The van der Waals surface area contributed by atoms with E-state index < -0.39 is 0 Å². The average Bonchev–Trinajstić information content (AvgIpc) is 2.31. The molecule has 2 nitrogen and oxygen atoms in total. The molecular formula is C13H25O2P. The van der Waals surface area contributed by atoms with E-state index in [9.17, 15) is 4.57 Å². The lowest BCUT2D eigenvalue weighted by molar-refractivity contribution is 0.350. The Bertz CT molecular complexity index is 169. The first-order chi connectivity index (χ1) is 7.91. The van der Waals surface area contributed by atoms with Gasteiger partial charge in [0.1, 0.15) is 0 Å². The van der Waals surface area contributed by atoms with Crippen LogP contribution in [0.2, 0.25) is 0 Å². The highest BCUT2D eigenvalue weighted by Crippen LogP contribution is 2.08. The zero-order valence-corrected chi connectivity index (χ0v) is 11.4. The van der Waals surface area contributed by atoms with Gasteiger partial charge in [-0.25, -0.2) is 4.57 Å². The second kappa shape index (κ2) is 14.8. The molecule has 0 aromatic carbocycles. The Morgan fingerprint density at radius 3 is 2.25 bits per heavy atom. The summed E-state index contributed by atoms with van der Waals surface area (Å²) in [5, 5.41) is 0. The molecule has 0 N–H and O–H groups in total. The highest BCUT2D eigenvalue weighted by molar-refractivity contribution is 7.17. The maximum Gasteiger partial charge on any atom is 0.327 e. The van der Waals surface area contributed by atoms with E-state index in [0.29, 0.717) is 6.61 Å². The van der Waals surface area contributed by atoms with Crippen molar-refractivity contribution in [1.29, 1.82) is 0 Å². The Labute approximate surface area is 102 Å². The molecule has 3 heteroatoms. The van der Waals surface area contributed by atoms with Crippen LogP contribution >= 0.6 is 8.69 Å². The van der Waals surface area contributed by atoms with Crippen LogP contribution in [-0.4, -0.2) is 6.61 Å². The molecule has 0 amide bonds. The van der Waals surface area contributed by atoms with Gasteiger partial charge in [-0.1, -0.05) is 57.6 Å². The van der Waals surface area contributed by atoms with E-state index >= 15 is 0 Å². The van der Waals surface area contributed by atoms with Crippen molar-refractivity contribution in [3.05, 3.63) is 12.2 Å². The van der Waals surface area contributed by atoms with Crippen LogP contribution in [0.1, 0.15) is 64.7 Å². The smallest absolute Gasteiger partial charge is 0.294 e. The molecule has 0 aromatic rings. The van der Waals surface area contributed by atoms with Gasteiger partial charge in [-0.05, 0) is 19.3 Å². The van der Waals surface area contributed by atoms with Crippen molar-refractivity contribution in [3.8, 4) is 0 Å². The normalized spacial score (nSPS) is 11.6. The van der Waals surface area contributed by atoms with Gasteiger partial charge in [0.25, 0.3) is 0 Å². The minimum Gasteiger partial charge on any atom is -0.294 e. The van der Waals surface area contributed by atoms with Crippen LogP contribution in [0.3, 0.4) is 0 Å².